The molecule has 0 radical (unpaired) electrons. The number of pyridine rings is 1. The zero-order valence-electron chi connectivity index (χ0n) is 19.2. The van der Waals surface area contributed by atoms with Crippen LogP contribution in [-0.2, 0) is 17.3 Å². The monoisotopic (exact) mass is 407 g/mol. The molecule has 0 spiro atoms. The van der Waals surface area contributed by atoms with Gasteiger partial charge in [-0.05, 0) is 32.3 Å². The zero-order chi connectivity index (χ0) is 22.2. The van der Waals surface area contributed by atoms with Crippen molar-refractivity contribution in [2.24, 2.45) is 7.05 Å². The molecule has 160 valence electrons. The molecule has 0 aliphatic rings. The zero-order valence-corrected chi connectivity index (χ0v) is 19.2. The van der Waals surface area contributed by atoms with E-state index in [0.717, 1.165) is 45.8 Å². The average molecular weight is 408 g/mol. The van der Waals surface area contributed by atoms with E-state index in [-0.39, 0.29) is 5.92 Å². The number of aryl methyl sites for hydroxylation is 3. The maximum absolute atomic E-state index is 12.7. The first-order valence-electron chi connectivity index (χ1n) is 10.9. The molecule has 1 atom stereocenters. The molecule has 2 heterocycles. The summed E-state index contributed by atoms with van der Waals surface area (Å²) in [5, 5.41) is 10.4. The number of hydrogen-bond donors (Lipinski definition) is 1. The Labute approximate surface area is 179 Å². The molecule has 3 aromatic rings. The smallest absolute Gasteiger partial charge is 0.314 e. The summed E-state index contributed by atoms with van der Waals surface area (Å²) < 4.78 is 2.04. The summed E-state index contributed by atoms with van der Waals surface area (Å²) in [6.45, 7) is 12.2. The maximum atomic E-state index is 12.7. The number of aromatic nitrogens is 3. The lowest BCUT2D eigenvalue weighted by atomic mass is 9.71. The molecule has 0 bridgehead atoms. The predicted octanol–water partition coefficient (Wildman–Crippen LogP) is 5.91. The summed E-state index contributed by atoms with van der Waals surface area (Å²) >= 11 is 0. The SMILES string of the molecule is CCCC(CC)(C(=O)O)c1c(C)nc2c(nc(C(C)C)n2C)c1-c1ccc(C)cc1. The Kier molecular flexibility index (Phi) is 6.02. The van der Waals surface area contributed by atoms with Crippen LogP contribution in [0.4, 0.5) is 0 Å². The fourth-order valence-electron chi connectivity index (χ4n) is 4.69. The van der Waals surface area contributed by atoms with E-state index in [9.17, 15) is 9.90 Å². The second-order valence-corrected chi connectivity index (χ2v) is 8.66. The van der Waals surface area contributed by atoms with Gasteiger partial charge in [-0.2, -0.15) is 0 Å². The first-order valence-corrected chi connectivity index (χ1v) is 10.9. The lowest BCUT2D eigenvalue weighted by Gasteiger charge is -2.32. The van der Waals surface area contributed by atoms with Crippen molar-refractivity contribution in [3.05, 3.63) is 46.9 Å². The van der Waals surface area contributed by atoms with Gasteiger partial charge in [-0.15, -0.1) is 0 Å². The van der Waals surface area contributed by atoms with Crippen LogP contribution < -0.4 is 0 Å². The van der Waals surface area contributed by atoms with Crippen molar-refractivity contribution in [3.63, 3.8) is 0 Å². The van der Waals surface area contributed by atoms with Crippen molar-refractivity contribution >= 4 is 17.1 Å². The highest BCUT2D eigenvalue weighted by atomic mass is 16.4. The van der Waals surface area contributed by atoms with Crippen LogP contribution in [0.15, 0.2) is 24.3 Å². The molecule has 2 aromatic heterocycles. The van der Waals surface area contributed by atoms with Crippen LogP contribution in [-0.4, -0.2) is 25.6 Å². The van der Waals surface area contributed by atoms with Gasteiger partial charge in [0, 0.05) is 29.8 Å². The number of rotatable bonds is 7. The van der Waals surface area contributed by atoms with Crippen LogP contribution >= 0.6 is 0 Å². The fourth-order valence-corrected chi connectivity index (χ4v) is 4.69. The minimum absolute atomic E-state index is 0.241. The highest BCUT2D eigenvalue weighted by Gasteiger charge is 2.42. The number of benzene rings is 1. The number of fused-ring (bicyclic) bond motifs is 1. The first kappa shape index (κ1) is 22.0. The number of carboxylic acid groups (broad SMARTS) is 1. The van der Waals surface area contributed by atoms with Crippen molar-refractivity contribution in [1.82, 2.24) is 14.5 Å². The van der Waals surface area contributed by atoms with E-state index in [1.807, 2.05) is 32.4 Å². The van der Waals surface area contributed by atoms with Crippen LogP contribution in [0.5, 0.6) is 0 Å². The van der Waals surface area contributed by atoms with Crippen LogP contribution in [0.3, 0.4) is 0 Å². The van der Waals surface area contributed by atoms with Crippen LogP contribution in [0.25, 0.3) is 22.3 Å². The molecule has 0 aliphatic carbocycles. The molecule has 0 aliphatic heterocycles. The van der Waals surface area contributed by atoms with Gasteiger partial charge in [0.1, 0.15) is 11.3 Å². The third-order valence-corrected chi connectivity index (χ3v) is 6.25. The fraction of sp³-hybridized carbons (Fsp3) is 0.480. The summed E-state index contributed by atoms with van der Waals surface area (Å²) in [5.41, 5.74) is 5.27. The van der Waals surface area contributed by atoms with E-state index in [4.69, 9.17) is 9.97 Å². The lowest BCUT2D eigenvalue weighted by Crippen LogP contribution is -2.37. The van der Waals surface area contributed by atoms with Gasteiger partial charge < -0.3 is 9.67 Å². The molecule has 1 aromatic carbocycles. The van der Waals surface area contributed by atoms with Gasteiger partial charge in [0.15, 0.2) is 5.65 Å². The van der Waals surface area contributed by atoms with Crippen LogP contribution in [0.1, 0.15) is 75.5 Å². The summed E-state index contributed by atoms with van der Waals surface area (Å²) in [6, 6.07) is 8.29. The molecular weight excluding hydrogens is 374 g/mol. The van der Waals surface area contributed by atoms with Crippen molar-refractivity contribution < 1.29 is 9.90 Å². The molecule has 5 nitrogen and oxygen atoms in total. The van der Waals surface area contributed by atoms with Crippen LogP contribution in [0, 0.1) is 13.8 Å². The van der Waals surface area contributed by atoms with E-state index >= 15 is 0 Å². The maximum Gasteiger partial charge on any atom is 0.314 e. The van der Waals surface area contributed by atoms with Crippen molar-refractivity contribution in [2.75, 3.05) is 0 Å². The number of nitrogens with zero attached hydrogens (tertiary/aromatic N) is 3. The molecule has 0 saturated carbocycles. The Bertz CT molecular complexity index is 1080. The number of imidazole rings is 1. The van der Waals surface area contributed by atoms with E-state index in [2.05, 4.69) is 45.0 Å². The molecule has 0 saturated heterocycles. The summed E-state index contributed by atoms with van der Waals surface area (Å²) in [4.78, 5) is 22.6. The predicted molar refractivity (Wildman–Crippen MR) is 122 cm³/mol. The van der Waals surface area contributed by atoms with Gasteiger partial charge >= 0.3 is 5.97 Å². The van der Waals surface area contributed by atoms with E-state index in [1.165, 1.54) is 5.56 Å². The molecule has 5 heteroatoms. The Morgan fingerprint density at radius 2 is 1.77 bits per heavy atom. The van der Waals surface area contributed by atoms with Gasteiger partial charge in [-0.1, -0.05) is 63.9 Å². The molecule has 0 fully saturated rings. The molecule has 3 rings (SSSR count). The van der Waals surface area contributed by atoms with E-state index in [1.54, 1.807) is 0 Å². The quantitative estimate of drug-likeness (QED) is 0.529. The summed E-state index contributed by atoms with van der Waals surface area (Å²) in [5.74, 6) is 0.407. The first-order chi connectivity index (χ1) is 14.2. The number of aliphatic carboxylic acids is 1. The highest BCUT2D eigenvalue weighted by molar-refractivity contribution is 5.97. The molecule has 1 unspecified atom stereocenters. The number of carboxylic acids is 1. The Hall–Kier alpha value is -2.69. The van der Waals surface area contributed by atoms with Crippen molar-refractivity contribution in [1.29, 1.82) is 0 Å². The molecule has 1 N–H and O–H groups in total. The molecule has 0 amide bonds. The second-order valence-electron chi connectivity index (χ2n) is 8.66. The van der Waals surface area contributed by atoms with Crippen LogP contribution in [0.2, 0.25) is 0 Å². The largest absolute Gasteiger partial charge is 0.481 e. The normalized spacial score (nSPS) is 13.7. The third-order valence-electron chi connectivity index (χ3n) is 6.25. The Morgan fingerprint density at radius 3 is 2.27 bits per heavy atom. The van der Waals surface area contributed by atoms with E-state index in [0.29, 0.717) is 12.8 Å². The lowest BCUT2D eigenvalue weighted by molar-refractivity contribution is -0.144. The summed E-state index contributed by atoms with van der Waals surface area (Å²) in [6.07, 6.45) is 1.85. The van der Waals surface area contributed by atoms with Crippen molar-refractivity contribution in [3.8, 4) is 11.1 Å². The third kappa shape index (κ3) is 3.40. The van der Waals surface area contributed by atoms with Gasteiger partial charge in [-0.25, -0.2) is 9.97 Å². The number of carbonyl (C=O) groups is 1. The minimum Gasteiger partial charge on any atom is -0.481 e. The van der Waals surface area contributed by atoms with E-state index < -0.39 is 11.4 Å². The van der Waals surface area contributed by atoms with Crippen molar-refractivity contribution in [2.45, 2.75) is 72.1 Å². The Morgan fingerprint density at radius 1 is 1.13 bits per heavy atom. The van der Waals surface area contributed by atoms with Gasteiger partial charge in [0.25, 0.3) is 0 Å². The summed E-state index contributed by atoms with van der Waals surface area (Å²) in [7, 11) is 1.99. The minimum atomic E-state index is -0.990. The van der Waals surface area contributed by atoms with Gasteiger partial charge in [0.2, 0.25) is 0 Å². The van der Waals surface area contributed by atoms with Gasteiger partial charge in [-0.3, -0.25) is 4.79 Å². The topological polar surface area (TPSA) is 68.0 Å². The standard InChI is InChI=1S/C25H33N3O2/c1-8-14-25(9-2,24(29)30)20-17(6)26-23-21(27-22(15(3)4)28(23)7)19(20)18-12-10-16(5)11-13-18/h10-13,15H,8-9,14H2,1-7H3,(H,29,30). The highest BCUT2D eigenvalue weighted by Crippen LogP contribution is 2.44. The molecular formula is C25H33N3O2. The number of hydrogen-bond acceptors (Lipinski definition) is 3. The average Bonchev–Trinajstić information content (AvgIpc) is 3.02. The Balaban J connectivity index is 2.53. The van der Waals surface area contributed by atoms with Gasteiger partial charge in [0.05, 0.1) is 5.41 Å². The second kappa shape index (κ2) is 8.21. The molecule has 30 heavy (non-hydrogen) atoms.